The average Bonchev–Trinajstić information content (AvgIpc) is 2.70. The molecule has 0 aliphatic rings. The van der Waals surface area contributed by atoms with Crippen molar-refractivity contribution in [3.63, 3.8) is 0 Å². The van der Waals surface area contributed by atoms with Crippen LogP contribution in [0.1, 0.15) is 13.8 Å². The van der Waals surface area contributed by atoms with E-state index in [0.717, 1.165) is 47.5 Å². The molecule has 3 rings (SSSR count). The Labute approximate surface area is 161 Å². The molecule has 0 radical (unpaired) electrons. The Hall–Kier alpha value is -3.08. The third kappa shape index (κ3) is 4.56. The second kappa shape index (κ2) is 8.54. The summed E-state index contributed by atoms with van der Waals surface area (Å²) in [6, 6.07) is 20.4. The maximum Gasteiger partial charge on any atom is 0.163 e. The minimum Gasteiger partial charge on any atom is -0.378 e. The van der Waals surface area contributed by atoms with Crippen LogP contribution in [0, 0.1) is 0 Å². The number of anilines is 4. The number of hydrogen-bond donors (Lipinski definition) is 1. The topological polar surface area (TPSA) is 44.3 Å². The minimum absolute atomic E-state index is 0.729. The van der Waals surface area contributed by atoms with E-state index >= 15 is 0 Å². The van der Waals surface area contributed by atoms with Gasteiger partial charge in [0.25, 0.3) is 0 Å². The van der Waals surface area contributed by atoms with Crippen LogP contribution in [0.25, 0.3) is 11.4 Å². The molecule has 140 valence electrons. The number of hydrogen-bond acceptors (Lipinski definition) is 5. The number of aromatic nitrogens is 2. The third-order valence-electron chi connectivity index (χ3n) is 4.49. The summed E-state index contributed by atoms with van der Waals surface area (Å²) in [5.74, 6) is 2.46. The molecule has 0 saturated heterocycles. The molecule has 2 aromatic carbocycles. The molecule has 1 N–H and O–H groups in total. The van der Waals surface area contributed by atoms with Crippen molar-refractivity contribution in [2.24, 2.45) is 0 Å². The number of nitrogens with one attached hydrogen (secondary N) is 1. The zero-order chi connectivity index (χ0) is 19.2. The first-order valence-electron chi connectivity index (χ1n) is 9.34. The molecule has 0 spiro atoms. The first-order chi connectivity index (χ1) is 13.1. The fourth-order valence-electron chi connectivity index (χ4n) is 2.92. The number of rotatable bonds is 7. The van der Waals surface area contributed by atoms with Crippen molar-refractivity contribution in [3.8, 4) is 11.4 Å². The van der Waals surface area contributed by atoms with Crippen LogP contribution in [0.3, 0.4) is 0 Å². The Morgan fingerprint density at radius 1 is 0.852 bits per heavy atom. The van der Waals surface area contributed by atoms with Crippen LogP contribution in [-0.4, -0.2) is 37.2 Å². The molecular weight excluding hydrogens is 334 g/mol. The summed E-state index contributed by atoms with van der Waals surface area (Å²) in [6.45, 7) is 6.08. The van der Waals surface area contributed by atoms with Gasteiger partial charge < -0.3 is 15.1 Å². The van der Waals surface area contributed by atoms with E-state index in [0.29, 0.717) is 0 Å². The molecule has 0 saturated carbocycles. The van der Waals surface area contributed by atoms with Gasteiger partial charge in [0.1, 0.15) is 11.6 Å². The van der Waals surface area contributed by atoms with Gasteiger partial charge in [-0.3, -0.25) is 0 Å². The average molecular weight is 361 g/mol. The van der Waals surface area contributed by atoms with Gasteiger partial charge in [-0.05, 0) is 38.1 Å². The van der Waals surface area contributed by atoms with Crippen LogP contribution < -0.4 is 15.1 Å². The maximum absolute atomic E-state index is 4.79. The molecule has 0 amide bonds. The van der Waals surface area contributed by atoms with E-state index in [1.165, 1.54) is 0 Å². The smallest absolute Gasteiger partial charge is 0.163 e. The zero-order valence-electron chi connectivity index (χ0n) is 16.5. The van der Waals surface area contributed by atoms with E-state index in [9.17, 15) is 0 Å². The summed E-state index contributed by atoms with van der Waals surface area (Å²) < 4.78 is 0. The molecule has 5 heteroatoms. The summed E-state index contributed by atoms with van der Waals surface area (Å²) in [4.78, 5) is 13.9. The fourth-order valence-corrected chi connectivity index (χ4v) is 2.92. The Bertz CT molecular complexity index is 856. The SMILES string of the molecule is CCN(CC)c1cc(Nc2ccc(N(C)C)cc2)nc(-c2ccccc2)n1. The Morgan fingerprint density at radius 2 is 1.52 bits per heavy atom. The highest BCUT2D eigenvalue weighted by molar-refractivity contribution is 5.66. The molecule has 0 fully saturated rings. The van der Waals surface area contributed by atoms with Gasteiger partial charge in [-0.25, -0.2) is 9.97 Å². The lowest BCUT2D eigenvalue weighted by molar-refractivity contribution is 0.843. The Balaban J connectivity index is 1.96. The van der Waals surface area contributed by atoms with Crippen LogP contribution in [0.4, 0.5) is 23.0 Å². The highest BCUT2D eigenvalue weighted by Crippen LogP contribution is 2.25. The zero-order valence-corrected chi connectivity index (χ0v) is 16.5. The van der Waals surface area contributed by atoms with Gasteiger partial charge in [-0.2, -0.15) is 0 Å². The highest BCUT2D eigenvalue weighted by Gasteiger charge is 2.11. The van der Waals surface area contributed by atoms with E-state index in [4.69, 9.17) is 9.97 Å². The quantitative estimate of drug-likeness (QED) is 0.655. The molecule has 0 aliphatic carbocycles. The summed E-state index contributed by atoms with van der Waals surface area (Å²) >= 11 is 0. The van der Waals surface area contributed by atoms with Crippen molar-refractivity contribution >= 4 is 23.0 Å². The standard InChI is InChI=1S/C22H27N5/c1-5-27(6-2)21-16-20(23-18-12-14-19(15-13-18)26(3)4)24-22(25-21)17-10-8-7-9-11-17/h7-16H,5-6H2,1-4H3,(H,23,24,25). The molecule has 5 nitrogen and oxygen atoms in total. The van der Waals surface area contributed by atoms with Crippen molar-refractivity contribution in [1.29, 1.82) is 0 Å². The Kier molecular flexibility index (Phi) is 5.91. The summed E-state index contributed by atoms with van der Waals surface area (Å²) in [5.41, 5.74) is 3.18. The molecule has 3 aromatic rings. The van der Waals surface area contributed by atoms with E-state index < -0.39 is 0 Å². The molecular formula is C22H27N5. The van der Waals surface area contributed by atoms with Crippen molar-refractivity contribution in [1.82, 2.24) is 9.97 Å². The van der Waals surface area contributed by atoms with Crippen molar-refractivity contribution in [2.45, 2.75) is 13.8 Å². The van der Waals surface area contributed by atoms with E-state index in [1.807, 2.05) is 50.5 Å². The monoisotopic (exact) mass is 361 g/mol. The van der Waals surface area contributed by atoms with Gasteiger partial charge in [0.2, 0.25) is 0 Å². The van der Waals surface area contributed by atoms with Crippen LogP contribution >= 0.6 is 0 Å². The van der Waals surface area contributed by atoms with Crippen molar-refractivity contribution in [3.05, 3.63) is 60.7 Å². The van der Waals surface area contributed by atoms with Gasteiger partial charge >= 0.3 is 0 Å². The molecule has 1 aromatic heterocycles. The lowest BCUT2D eigenvalue weighted by Gasteiger charge is -2.21. The Morgan fingerprint density at radius 3 is 2.11 bits per heavy atom. The predicted octanol–water partition coefficient (Wildman–Crippen LogP) is 4.80. The molecule has 0 atom stereocenters. The first kappa shape index (κ1) is 18.7. The first-order valence-corrected chi connectivity index (χ1v) is 9.34. The van der Waals surface area contributed by atoms with Gasteiger partial charge in [-0.15, -0.1) is 0 Å². The van der Waals surface area contributed by atoms with Gasteiger partial charge in [0, 0.05) is 50.2 Å². The molecule has 0 aliphatic heterocycles. The molecule has 0 unspecified atom stereocenters. The fraction of sp³-hybridized carbons (Fsp3) is 0.273. The minimum atomic E-state index is 0.729. The second-order valence-corrected chi connectivity index (χ2v) is 6.54. The molecule has 0 bridgehead atoms. The third-order valence-corrected chi connectivity index (χ3v) is 4.49. The normalized spacial score (nSPS) is 10.5. The van der Waals surface area contributed by atoms with Crippen LogP contribution in [0.2, 0.25) is 0 Å². The van der Waals surface area contributed by atoms with E-state index in [-0.39, 0.29) is 0 Å². The summed E-state index contributed by atoms with van der Waals surface area (Å²) in [7, 11) is 4.07. The highest BCUT2D eigenvalue weighted by atomic mass is 15.2. The van der Waals surface area contributed by atoms with E-state index in [2.05, 4.69) is 53.2 Å². The second-order valence-electron chi connectivity index (χ2n) is 6.54. The van der Waals surface area contributed by atoms with Gasteiger partial charge in [-0.1, -0.05) is 30.3 Å². The summed E-state index contributed by atoms with van der Waals surface area (Å²) in [5, 5.41) is 3.43. The van der Waals surface area contributed by atoms with Gasteiger partial charge in [0.05, 0.1) is 0 Å². The lowest BCUT2D eigenvalue weighted by Crippen LogP contribution is -2.23. The van der Waals surface area contributed by atoms with Crippen molar-refractivity contribution in [2.75, 3.05) is 42.3 Å². The van der Waals surface area contributed by atoms with E-state index in [1.54, 1.807) is 0 Å². The van der Waals surface area contributed by atoms with Crippen LogP contribution in [0.15, 0.2) is 60.7 Å². The molecule has 1 heterocycles. The largest absolute Gasteiger partial charge is 0.378 e. The maximum atomic E-state index is 4.79. The lowest BCUT2D eigenvalue weighted by atomic mass is 10.2. The van der Waals surface area contributed by atoms with Crippen LogP contribution in [0.5, 0.6) is 0 Å². The number of nitrogens with zero attached hydrogens (tertiary/aromatic N) is 4. The van der Waals surface area contributed by atoms with Gasteiger partial charge in [0.15, 0.2) is 5.82 Å². The number of benzene rings is 2. The molecule has 27 heavy (non-hydrogen) atoms. The van der Waals surface area contributed by atoms with Crippen LogP contribution in [-0.2, 0) is 0 Å². The predicted molar refractivity (Wildman–Crippen MR) is 115 cm³/mol. The van der Waals surface area contributed by atoms with Crippen molar-refractivity contribution < 1.29 is 0 Å². The summed E-state index contributed by atoms with van der Waals surface area (Å²) in [6.07, 6.45) is 0.